The lowest BCUT2D eigenvalue weighted by atomic mass is 10.0. The number of nitrogens with one attached hydrogen (secondary N) is 1. The average molecular weight is 466 g/mol. The standard InChI is InChI=1S/C28H51NO4/c1-3-5-7-9-11-13-14-16-18-20-22-27(32)26(24-30)29-28(33)23-25(31)21-19-17-15-12-10-8-6-4-2/h5,7,13-14,20,22,25-27,30-32H,3-4,6,8-12,15-19,21,23-24H2,1-2H3,(H,29,33)/b7-5+,14-13+,22-20+. The highest BCUT2D eigenvalue weighted by molar-refractivity contribution is 5.76. The lowest BCUT2D eigenvalue weighted by Gasteiger charge is -2.21. The van der Waals surface area contributed by atoms with Gasteiger partial charge < -0.3 is 20.6 Å². The minimum absolute atomic E-state index is 0.00166. The van der Waals surface area contributed by atoms with Gasteiger partial charge in [0.1, 0.15) is 0 Å². The van der Waals surface area contributed by atoms with Crippen LogP contribution in [0.5, 0.6) is 0 Å². The van der Waals surface area contributed by atoms with Crippen molar-refractivity contribution in [3.8, 4) is 0 Å². The summed E-state index contributed by atoms with van der Waals surface area (Å²) in [7, 11) is 0. The second-order valence-electron chi connectivity index (χ2n) is 8.90. The van der Waals surface area contributed by atoms with Crippen molar-refractivity contribution in [1.82, 2.24) is 5.32 Å². The van der Waals surface area contributed by atoms with E-state index in [1.54, 1.807) is 6.08 Å². The molecule has 0 rings (SSSR count). The zero-order valence-electron chi connectivity index (χ0n) is 21.3. The van der Waals surface area contributed by atoms with Gasteiger partial charge in [-0.25, -0.2) is 0 Å². The number of hydrogen-bond donors (Lipinski definition) is 4. The van der Waals surface area contributed by atoms with Crippen molar-refractivity contribution >= 4 is 5.91 Å². The average Bonchev–Trinajstić information content (AvgIpc) is 2.80. The molecule has 0 aliphatic heterocycles. The van der Waals surface area contributed by atoms with Crippen molar-refractivity contribution in [2.45, 2.75) is 128 Å². The van der Waals surface area contributed by atoms with Crippen LogP contribution in [-0.2, 0) is 4.79 Å². The molecule has 0 bridgehead atoms. The van der Waals surface area contributed by atoms with Crippen molar-refractivity contribution in [3.63, 3.8) is 0 Å². The summed E-state index contributed by atoms with van der Waals surface area (Å²) in [6.45, 7) is 3.99. The van der Waals surface area contributed by atoms with E-state index in [0.717, 1.165) is 44.9 Å². The molecule has 0 saturated heterocycles. The van der Waals surface area contributed by atoms with Gasteiger partial charge in [0, 0.05) is 0 Å². The van der Waals surface area contributed by atoms with Gasteiger partial charge in [-0.2, -0.15) is 0 Å². The Morgan fingerprint density at radius 3 is 1.91 bits per heavy atom. The van der Waals surface area contributed by atoms with E-state index in [1.165, 1.54) is 38.5 Å². The largest absolute Gasteiger partial charge is 0.394 e. The van der Waals surface area contributed by atoms with Crippen LogP contribution in [-0.4, -0.2) is 46.1 Å². The Kier molecular flexibility index (Phi) is 22.7. The minimum Gasteiger partial charge on any atom is -0.394 e. The molecule has 1 amide bonds. The van der Waals surface area contributed by atoms with E-state index in [2.05, 4.69) is 43.5 Å². The highest BCUT2D eigenvalue weighted by Gasteiger charge is 2.19. The molecule has 0 aromatic heterocycles. The van der Waals surface area contributed by atoms with E-state index in [-0.39, 0.29) is 18.9 Å². The van der Waals surface area contributed by atoms with E-state index in [0.29, 0.717) is 6.42 Å². The molecular weight excluding hydrogens is 414 g/mol. The smallest absolute Gasteiger partial charge is 0.222 e. The SMILES string of the molecule is CC/C=C/CC/C=C/CC/C=C/C(O)C(CO)NC(=O)CC(O)CCCCCCCCCC. The van der Waals surface area contributed by atoms with E-state index in [1.807, 2.05) is 6.08 Å². The number of unbranched alkanes of at least 4 members (excludes halogenated alkanes) is 9. The Hall–Kier alpha value is -1.43. The summed E-state index contributed by atoms with van der Waals surface area (Å²) in [6, 6.07) is -0.759. The van der Waals surface area contributed by atoms with E-state index in [4.69, 9.17) is 0 Å². The zero-order chi connectivity index (χ0) is 24.6. The molecule has 0 aromatic carbocycles. The van der Waals surface area contributed by atoms with Crippen molar-refractivity contribution < 1.29 is 20.1 Å². The van der Waals surface area contributed by atoms with Crippen LogP contribution in [0.15, 0.2) is 36.5 Å². The van der Waals surface area contributed by atoms with Crippen molar-refractivity contribution in [1.29, 1.82) is 0 Å². The number of aliphatic hydroxyl groups is 3. The Morgan fingerprint density at radius 2 is 1.33 bits per heavy atom. The Morgan fingerprint density at radius 1 is 0.788 bits per heavy atom. The number of allylic oxidation sites excluding steroid dienone is 5. The summed E-state index contributed by atoms with van der Waals surface area (Å²) in [4.78, 5) is 12.2. The first-order chi connectivity index (χ1) is 16.0. The van der Waals surface area contributed by atoms with Crippen LogP contribution in [0.3, 0.4) is 0 Å². The molecule has 0 fully saturated rings. The maximum atomic E-state index is 12.2. The van der Waals surface area contributed by atoms with E-state index in [9.17, 15) is 20.1 Å². The third-order valence-electron chi connectivity index (χ3n) is 5.67. The monoisotopic (exact) mass is 465 g/mol. The molecule has 0 heterocycles. The number of rotatable bonds is 22. The predicted octanol–water partition coefficient (Wildman–Crippen LogP) is 5.75. The van der Waals surface area contributed by atoms with Crippen LogP contribution in [0.2, 0.25) is 0 Å². The highest BCUT2D eigenvalue weighted by atomic mass is 16.3. The fourth-order valence-electron chi connectivity index (χ4n) is 3.61. The quantitative estimate of drug-likeness (QED) is 0.121. The molecule has 0 saturated carbocycles. The summed E-state index contributed by atoms with van der Waals surface area (Å²) in [5, 5.41) is 32.5. The first kappa shape index (κ1) is 31.6. The predicted molar refractivity (Wildman–Crippen MR) is 139 cm³/mol. The summed E-state index contributed by atoms with van der Waals surface area (Å²) >= 11 is 0. The van der Waals surface area contributed by atoms with Crippen LogP contribution < -0.4 is 5.32 Å². The van der Waals surface area contributed by atoms with Crippen LogP contribution in [0, 0.1) is 0 Å². The Bertz CT molecular complexity index is 530. The highest BCUT2D eigenvalue weighted by Crippen LogP contribution is 2.12. The van der Waals surface area contributed by atoms with E-state index >= 15 is 0 Å². The molecule has 3 atom stereocenters. The first-order valence-corrected chi connectivity index (χ1v) is 13.3. The maximum absolute atomic E-state index is 12.2. The molecule has 4 N–H and O–H groups in total. The van der Waals surface area contributed by atoms with Crippen LogP contribution in [0.1, 0.15) is 110 Å². The normalized spacial score (nSPS) is 14.9. The molecular formula is C28H51NO4. The van der Waals surface area contributed by atoms with Gasteiger partial charge in [-0.15, -0.1) is 0 Å². The second kappa shape index (κ2) is 23.7. The molecule has 192 valence electrons. The maximum Gasteiger partial charge on any atom is 0.222 e. The van der Waals surface area contributed by atoms with Crippen molar-refractivity contribution in [2.24, 2.45) is 0 Å². The number of amides is 1. The molecule has 0 aliphatic rings. The minimum atomic E-state index is -0.952. The third-order valence-corrected chi connectivity index (χ3v) is 5.67. The Labute approximate surface area is 203 Å². The fourth-order valence-corrected chi connectivity index (χ4v) is 3.61. The van der Waals surface area contributed by atoms with Gasteiger partial charge >= 0.3 is 0 Å². The molecule has 33 heavy (non-hydrogen) atoms. The van der Waals surface area contributed by atoms with Crippen molar-refractivity contribution in [2.75, 3.05) is 6.61 Å². The summed E-state index contributed by atoms with van der Waals surface area (Å²) in [5.74, 6) is -0.339. The van der Waals surface area contributed by atoms with Crippen LogP contribution in [0.4, 0.5) is 0 Å². The van der Waals surface area contributed by atoms with E-state index < -0.39 is 18.2 Å². The number of aliphatic hydroxyl groups excluding tert-OH is 3. The Balaban J connectivity index is 3.98. The van der Waals surface area contributed by atoms with Gasteiger partial charge in [-0.3, -0.25) is 4.79 Å². The molecule has 0 radical (unpaired) electrons. The fraction of sp³-hybridized carbons (Fsp3) is 0.750. The molecule has 0 spiro atoms. The zero-order valence-corrected chi connectivity index (χ0v) is 21.3. The van der Waals surface area contributed by atoms with Crippen LogP contribution >= 0.6 is 0 Å². The molecule has 5 nitrogen and oxygen atoms in total. The van der Waals surface area contributed by atoms with Gasteiger partial charge in [0.15, 0.2) is 0 Å². The first-order valence-electron chi connectivity index (χ1n) is 13.3. The topological polar surface area (TPSA) is 89.8 Å². The van der Waals surface area contributed by atoms with Gasteiger partial charge in [0.2, 0.25) is 5.91 Å². The number of carbonyl (C=O) groups excluding carboxylic acids is 1. The van der Waals surface area contributed by atoms with Crippen LogP contribution in [0.25, 0.3) is 0 Å². The number of carbonyl (C=O) groups is 1. The molecule has 3 unspecified atom stereocenters. The van der Waals surface area contributed by atoms with Gasteiger partial charge in [-0.05, 0) is 38.5 Å². The third kappa shape index (κ3) is 20.9. The molecule has 0 aromatic rings. The lowest BCUT2D eigenvalue weighted by molar-refractivity contribution is -0.124. The summed E-state index contributed by atoms with van der Waals surface area (Å²) in [6.07, 6.45) is 25.6. The molecule has 5 heteroatoms. The van der Waals surface area contributed by atoms with Gasteiger partial charge in [-0.1, -0.05) is 102 Å². The van der Waals surface area contributed by atoms with Gasteiger partial charge in [0.05, 0.1) is 31.3 Å². The summed E-state index contributed by atoms with van der Waals surface area (Å²) < 4.78 is 0. The van der Waals surface area contributed by atoms with Gasteiger partial charge in [0.25, 0.3) is 0 Å². The summed E-state index contributed by atoms with van der Waals surface area (Å²) in [5.41, 5.74) is 0. The van der Waals surface area contributed by atoms with Crippen molar-refractivity contribution in [3.05, 3.63) is 36.5 Å². The number of hydrogen-bond acceptors (Lipinski definition) is 4. The lowest BCUT2D eigenvalue weighted by Crippen LogP contribution is -2.45. The molecule has 0 aliphatic carbocycles. The second-order valence-corrected chi connectivity index (χ2v) is 8.90.